The molecule has 86 valence electrons. The molecule has 1 aromatic carbocycles. The second-order valence-electron chi connectivity index (χ2n) is 3.93. The smallest absolute Gasteiger partial charge is 0.292 e. The van der Waals surface area contributed by atoms with Crippen molar-refractivity contribution in [2.45, 2.75) is 13.5 Å². The Balaban J connectivity index is 2.64. The second-order valence-corrected chi connectivity index (χ2v) is 3.93. The quantitative estimate of drug-likeness (QED) is 0.653. The largest absolute Gasteiger partial charge is 0.390 e. The molecule has 0 saturated carbocycles. The molecular formula is C12H11N3O2. The highest BCUT2D eigenvalue weighted by Crippen LogP contribution is 2.16. The lowest BCUT2D eigenvalue weighted by Gasteiger charge is -2.02. The summed E-state index contributed by atoms with van der Waals surface area (Å²) in [6, 6.07) is 7.52. The molecule has 2 aromatic heterocycles. The average Bonchev–Trinajstić information content (AvgIpc) is 2.68. The molecule has 5 nitrogen and oxygen atoms in total. The highest BCUT2D eigenvalue weighted by atomic mass is 16.3. The maximum absolute atomic E-state index is 11.9. The minimum atomic E-state index is -0.244. The van der Waals surface area contributed by atoms with Gasteiger partial charge in [-0.3, -0.25) is 9.20 Å². The van der Waals surface area contributed by atoms with E-state index in [1.165, 1.54) is 0 Å². The van der Waals surface area contributed by atoms with E-state index < -0.39 is 0 Å². The lowest BCUT2D eigenvalue weighted by molar-refractivity contribution is 0.276. The fraction of sp³-hybridized carbons (Fsp3) is 0.167. The molecule has 2 heterocycles. The normalized spacial score (nSPS) is 11.4. The van der Waals surface area contributed by atoms with E-state index in [2.05, 4.69) is 9.97 Å². The SMILES string of the molecule is Cc1c(CO)nc2c(=O)[nH]c3ccccc3n12. The predicted molar refractivity (Wildman–Crippen MR) is 64.0 cm³/mol. The van der Waals surface area contributed by atoms with Crippen LogP contribution in [0.1, 0.15) is 11.4 Å². The highest BCUT2D eigenvalue weighted by Gasteiger charge is 2.12. The molecule has 0 spiro atoms. The lowest BCUT2D eigenvalue weighted by Crippen LogP contribution is -2.11. The Labute approximate surface area is 96.4 Å². The number of rotatable bonds is 1. The van der Waals surface area contributed by atoms with Crippen molar-refractivity contribution in [2.75, 3.05) is 0 Å². The van der Waals surface area contributed by atoms with Crippen molar-refractivity contribution in [3.8, 4) is 0 Å². The summed E-state index contributed by atoms with van der Waals surface area (Å²) in [6.07, 6.45) is 0. The summed E-state index contributed by atoms with van der Waals surface area (Å²) in [5.74, 6) is 0. The number of fused-ring (bicyclic) bond motifs is 3. The van der Waals surface area contributed by atoms with Gasteiger partial charge in [0.15, 0.2) is 0 Å². The van der Waals surface area contributed by atoms with Crippen molar-refractivity contribution in [1.82, 2.24) is 14.4 Å². The number of nitrogens with zero attached hydrogens (tertiary/aromatic N) is 2. The van der Waals surface area contributed by atoms with Crippen LogP contribution in [0.2, 0.25) is 0 Å². The number of benzene rings is 1. The number of aromatic amines is 1. The van der Waals surface area contributed by atoms with Crippen LogP contribution < -0.4 is 5.56 Å². The number of nitrogens with one attached hydrogen (secondary N) is 1. The van der Waals surface area contributed by atoms with Crippen LogP contribution in [0.4, 0.5) is 0 Å². The van der Waals surface area contributed by atoms with Crippen molar-refractivity contribution in [3.63, 3.8) is 0 Å². The van der Waals surface area contributed by atoms with Gasteiger partial charge < -0.3 is 10.1 Å². The predicted octanol–water partition coefficient (Wildman–Crippen LogP) is 0.977. The van der Waals surface area contributed by atoms with Crippen LogP contribution in [0, 0.1) is 6.92 Å². The summed E-state index contributed by atoms with van der Waals surface area (Å²) in [7, 11) is 0. The van der Waals surface area contributed by atoms with Crippen molar-refractivity contribution in [1.29, 1.82) is 0 Å². The third-order valence-corrected chi connectivity index (χ3v) is 2.95. The number of imidazole rings is 1. The zero-order valence-corrected chi connectivity index (χ0v) is 9.27. The summed E-state index contributed by atoms with van der Waals surface area (Å²) in [5.41, 5.74) is 3.05. The van der Waals surface area contributed by atoms with E-state index in [-0.39, 0.29) is 12.2 Å². The number of H-pyrrole nitrogens is 1. The molecule has 17 heavy (non-hydrogen) atoms. The number of para-hydroxylation sites is 2. The van der Waals surface area contributed by atoms with Gasteiger partial charge in [0.1, 0.15) is 0 Å². The van der Waals surface area contributed by atoms with Gasteiger partial charge in [-0.2, -0.15) is 0 Å². The van der Waals surface area contributed by atoms with Crippen molar-refractivity contribution < 1.29 is 5.11 Å². The minimum absolute atomic E-state index is 0.165. The van der Waals surface area contributed by atoms with Crippen molar-refractivity contribution in [3.05, 3.63) is 46.0 Å². The van der Waals surface area contributed by atoms with E-state index >= 15 is 0 Å². The van der Waals surface area contributed by atoms with E-state index in [1.807, 2.05) is 31.2 Å². The standard InChI is InChI=1S/C12H11N3O2/c1-7-9(6-16)13-11-12(17)14-8-4-2-3-5-10(8)15(7)11/h2-5,16H,6H2,1H3,(H,14,17). The molecule has 0 fully saturated rings. The molecule has 0 aliphatic heterocycles. The number of hydrogen-bond donors (Lipinski definition) is 2. The van der Waals surface area contributed by atoms with Crippen LogP contribution in [-0.2, 0) is 6.61 Å². The monoisotopic (exact) mass is 229 g/mol. The number of aromatic nitrogens is 3. The molecule has 3 rings (SSSR count). The number of aliphatic hydroxyl groups is 1. The van der Waals surface area contributed by atoms with Crippen LogP contribution in [0.3, 0.4) is 0 Å². The van der Waals surface area contributed by atoms with Crippen LogP contribution in [0.15, 0.2) is 29.1 Å². The van der Waals surface area contributed by atoms with Gasteiger partial charge in [-0.15, -0.1) is 0 Å². The van der Waals surface area contributed by atoms with Crippen molar-refractivity contribution >= 4 is 16.7 Å². The first-order valence-electron chi connectivity index (χ1n) is 5.32. The maximum Gasteiger partial charge on any atom is 0.292 e. The number of aryl methyl sites for hydroxylation is 1. The summed E-state index contributed by atoms with van der Waals surface area (Å²) < 4.78 is 1.78. The fourth-order valence-corrected chi connectivity index (χ4v) is 2.10. The third-order valence-electron chi connectivity index (χ3n) is 2.95. The number of hydrogen-bond acceptors (Lipinski definition) is 3. The summed E-state index contributed by atoms with van der Waals surface area (Å²) in [4.78, 5) is 18.8. The second kappa shape index (κ2) is 3.43. The Bertz CT molecular complexity index is 770. The van der Waals surface area contributed by atoms with Crippen LogP contribution in [0.5, 0.6) is 0 Å². The minimum Gasteiger partial charge on any atom is -0.390 e. The van der Waals surface area contributed by atoms with E-state index in [9.17, 15) is 9.90 Å². The zero-order valence-electron chi connectivity index (χ0n) is 9.27. The van der Waals surface area contributed by atoms with Gasteiger partial charge in [-0.25, -0.2) is 4.98 Å². The summed E-state index contributed by atoms with van der Waals surface area (Å²) in [5, 5.41) is 9.19. The highest BCUT2D eigenvalue weighted by molar-refractivity contribution is 5.77. The third kappa shape index (κ3) is 1.29. The lowest BCUT2D eigenvalue weighted by atomic mass is 10.3. The molecule has 0 amide bonds. The van der Waals surface area contributed by atoms with Crippen molar-refractivity contribution in [2.24, 2.45) is 0 Å². The first-order chi connectivity index (χ1) is 8.22. The molecular weight excluding hydrogens is 218 g/mol. The van der Waals surface area contributed by atoms with Gasteiger partial charge in [0.05, 0.1) is 23.3 Å². The molecule has 2 N–H and O–H groups in total. The first kappa shape index (κ1) is 10.0. The molecule has 0 saturated heterocycles. The van der Waals surface area contributed by atoms with Gasteiger partial charge in [-0.1, -0.05) is 12.1 Å². The van der Waals surface area contributed by atoms with Gasteiger partial charge in [0.25, 0.3) is 5.56 Å². The Morgan fingerprint density at radius 2 is 2.18 bits per heavy atom. The van der Waals surface area contributed by atoms with E-state index in [0.29, 0.717) is 11.3 Å². The van der Waals surface area contributed by atoms with Gasteiger partial charge in [0.2, 0.25) is 5.65 Å². The van der Waals surface area contributed by atoms with E-state index in [1.54, 1.807) is 4.40 Å². The molecule has 3 aromatic rings. The number of aliphatic hydroxyl groups excluding tert-OH is 1. The zero-order chi connectivity index (χ0) is 12.0. The molecule has 0 bridgehead atoms. The molecule has 0 aliphatic rings. The Hall–Kier alpha value is -2.14. The molecule has 0 unspecified atom stereocenters. The van der Waals surface area contributed by atoms with Crippen LogP contribution in [-0.4, -0.2) is 19.5 Å². The van der Waals surface area contributed by atoms with E-state index in [0.717, 1.165) is 16.7 Å². The Kier molecular flexibility index (Phi) is 2.02. The summed E-state index contributed by atoms with van der Waals surface area (Å²) >= 11 is 0. The summed E-state index contributed by atoms with van der Waals surface area (Å²) in [6.45, 7) is 1.68. The van der Waals surface area contributed by atoms with Crippen LogP contribution in [0.25, 0.3) is 16.7 Å². The molecule has 5 heteroatoms. The Morgan fingerprint density at radius 1 is 1.41 bits per heavy atom. The average molecular weight is 229 g/mol. The van der Waals surface area contributed by atoms with Gasteiger partial charge >= 0.3 is 0 Å². The Morgan fingerprint density at radius 3 is 2.94 bits per heavy atom. The maximum atomic E-state index is 11.9. The molecule has 0 radical (unpaired) electrons. The van der Waals surface area contributed by atoms with Crippen LogP contribution >= 0.6 is 0 Å². The van der Waals surface area contributed by atoms with Gasteiger partial charge in [-0.05, 0) is 19.1 Å². The molecule has 0 aliphatic carbocycles. The van der Waals surface area contributed by atoms with Gasteiger partial charge in [0, 0.05) is 5.69 Å². The molecule has 0 atom stereocenters. The topological polar surface area (TPSA) is 70.4 Å². The van der Waals surface area contributed by atoms with E-state index in [4.69, 9.17) is 0 Å². The fourth-order valence-electron chi connectivity index (χ4n) is 2.10. The first-order valence-corrected chi connectivity index (χ1v) is 5.32.